The van der Waals surface area contributed by atoms with Gasteiger partial charge in [-0.2, -0.15) is 0 Å². The molecule has 1 rings (SSSR count). The molecule has 3 N–H and O–H groups in total. The summed E-state index contributed by atoms with van der Waals surface area (Å²) in [4.78, 5) is 11.6. The Hall–Kier alpha value is -1.55. The number of amides is 1. The maximum atomic E-state index is 11.6. The van der Waals surface area contributed by atoms with E-state index >= 15 is 0 Å². The van der Waals surface area contributed by atoms with Gasteiger partial charge in [0.25, 0.3) is 0 Å². The summed E-state index contributed by atoms with van der Waals surface area (Å²) in [5, 5.41) is 2.90. The third-order valence-corrected chi connectivity index (χ3v) is 2.83. The van der Waals surface area contributed by atoms with E-state index in [9.17, 15) is 4.79 Å². The van der Waals surface area contributed by atoms with Gasteiger partial charge in [0, 0.05) is 13.0 Å². The van der Waals surface area contributed by atoms with E-state index in [1.54, 1.807) is 0 Å². The van der Waals surface area contributed by atoms with Gasteiger partial charge in [-0.05, 0) is 50.4 Å². The minimum absolute atomic E-state index is 0.103. The smallest absolute Gasteiger partial charge is 0.220 e. The Morgan fingerprint density at radius 1 is 1.26 bits per heavy atom. The Labute approximate surface area is 115 Å². The van der Waals surface area contributed by atoms with Crippen LogP contribution in [-0.2, 0) is 11.2 Å². The van der Waals surface area contributed by atoms with E-state index in [-0.39, 0.29) is 5.91 Å². The molecule has 0 aliphatic rings. The van der Waals surface area contributed by atoms with Gasteiger partial charge >= 0.3 is 0 Å². The molecular weight excluding hydrogens is 240 g/mol. The zero-order chi connectivity index (χ0) is 13.9. The standard InChI is InChI=1S/C15H24N2O2/c1-2-19-14-8-5-13(6-9-14)7-10-15(18)17-12-4-3-11-16/h5-6,8-9H,2-4,7,10-12,16H2,1H3,(H,17,18). The highest BCUT2D eigenvalue weighted by atomic mass is 16.5. The Kier molecular flexibility index (Phi) is 7.66. The van der Waals surface area contributed by atoms with Crippen molar-refractivity contribution in [2.24, 2.45) is 5.73 Å². The summed E-state index contributed by atoms with van der Waals surface area (Å²) in [7, 11) is 0. The lowest BCUT2D eigenvalue weighted by molar-refractivity contribution is -0.121. The minimum Gasteiger partial charge on any atom is -0.494 e. The molecule has 0 saturated heterocycles. The summed E-state index contributed by atoms with van der Waals surface area (Å²) in [6, 6.07) is 7.90. The minimum atomic E-state index is 0.103. The first-order valence-electron chi connectivity index (χ1n) is 6.94. The molecule has 1 aromatic rings. The van der Waals surface area contributed by atoms with Crippen molar-refractivity contribution in [3.8, 4) is 5.75 Å². The number of carbonyl (C=O) groups excluding carboxylic acids is 1. The van der Waals surface area contributed by atoms with Crippen LogP contribution in [0.1, 0.15) is 31.7 Å². The van der Waals surface area contributed by atoms with Crippen molar-refractivity contribution in [2.75, 3.05) is 19.7 Å². The monoisotopic (exact) mass is 264 g/mol. The molecule has 0 radical (unpaired) electrons. The number of hydrogen-bond donors (Lipinski definition) is 2. The normalized spacial score (nSPS) is 10.2. The van der Waals surface area contributed by atoms with Crippen molar-refractivity contribution in [2.45, 2.75) is 32.6 Å². The second kappa shape index (κ2) is 9.39. The lowest BCUT2D eigenvalue weighted by Crippen LogP contribution is -2.25. The Morgan fingerprint density at radius 3 is 2.63 bits per heavy atom. The van der Waals surface area contributed by atoms with Crippen LogP contribution < -0.4 is 15.8 Å². The molecule has 0 bridgehead atoms. The fourth-order valence-electron chi connectivity index (χ4n) is 1.76. The maximum absolute atomic E-state index is 11.6. The average molecular weight is 264 g/mol. The second-order valence-corrected chi connectivity index (χ2v) is 4.42. The van der Waals surface area contributed by atoms with E-state index in [0.29, 0.717) is 19.6 Å². The number of ether oxygens (including phenoxy) is 1. The lowest BCUT2D eigenvalue weighted by Gasteiger charge is -2.06. The van der Waals surface area contributed by atoms with Gasteiger partial charge < -0.3 is 15.8 Å². The average Bonchev–Trinajstić information content (AvgIpc) is 2.43. The fraction of sp³-hybridized carbons (Fsp3) is 0.533. The second-order valence-electron chi connectivity index (χ2n) is 4.42. The van der Waals surface area contributed by atoms with Gasteiger partial charge in [-0.25, -0.2) is 0 Å². The Balaban J connectivity index is 2.22. The van der Waals surface area contributed by atoms with Crippen LogP contribution in [0.2, 0.25) is 0 Å². The number of hydrogen-bond acceptors (Lipinski definition) is 3. The van der Waals surface area contributed by atoms with Gasteiger partial charge in [0.1, 0.15) is 5.75 Å². The molecule has 1 amide bonds. The molecule has 0 atom stereocenters. The number of nitrogens with one attached hydrogen (secondary N) is 1. The summed E-state index contributed by atoms with van der Waals surface area (Å²) in [5.41, 5.74) is 6.54. The summed E-state index contributed by atoms with van der Waals surface area (Å²) < 4.78 is 5.37. The molecule has 0 saturated carbocycles. The van der Waals surface area contributed by atoms with Crippen molar-refractivity contribution < 1.29 is 9.53 Å². The predicted molar refractivity (Wildman–Crippen MR) is 77.2 cm³/mol. The molecule has 0 spiro atoms. The molecular formula is C15H24N2O2. The van der Waals surface area contributed by atoms with Gasteiger partial charge in [-0.1, -0.05) is 12.1 Å². The topological polar surface area (TPSA) is 64.3 Å². The van der Waals surface area contributed by atoms with Crippen molar-refractivity contribution in [1.29, 1.82) is 0 Å². The summed E-state index contributed by atoms with van der Waals surface area (Å²) in [6.45, 7) is 4.04. The summed E-state index contributed by atoms with van der Waals surface area (Å²) in [5.74, 6) is 0.975. The van der Waals surface area contributed by atoms with Crippen molar-refractivity contribution in [3.05, 3.63) is 29.8 Å². The molecule has 0 aliphatic heterocycles. The predicted octanol–water partition coefficient (Wildman–Crippen LogP) is 1.87. The maximum Gasteiger partial charge on any atom is 0.220 e. The Bertz CT molecular complexity index is 363. The van der Waals surface area contributed by atoms with Crippen LogP contribution in [0.25, 0.3) is 0 Å². The third-order valence-electron chi connectivity index (χ3n) is 2.83. The van der Waals surface area contributed by atoms with Gasteiger partial charge in [0.15, 0.2) is 0 Å². The van der Waals surface area contributed by atoms with Gasteiger partial charge in [0.05, 0.1) is 6.61 Å². The molecule has 1 aromatic carbocycles. The van der Waals surface area contributed by atoms with Crippen molar-refractivity contribution in [1.82, 2.24) is 5.32 Å². The zero-order valence-electron chi connectivity index (χ0n) is 11.7. The highest BCUT2D eigenvalue weighted by Crippen LogP contribution is 2.13. The highest BCUT2D eigenvalue weighted by molar-refractivity contribution is 5.76. The number of benzene rings is 1. The summed E-state index contributed by atoms with van der Waals surface area (Å²) in [6.07, 6.45) is 3.19. The number of aryl methyl sites for hydroxylation is 1. The van der Waals surface area contributed by atoms with Gasteiger partial charge in [-0.15, -0.1) is 0 Å². The molecule has 0 unspecified atom stereocenters. The van der Waals surface area contributed by atoms with E-state index in [1.807, 2.05) is 31.2 Å². The molecule has 0 fully saturated rings. The molecule has 19 heavy (non-hydrogen) atoms. The van der Waals surface area contributed by atoms with E-state index in [0.717, 1.165) is 37.1 Å². The third kappa shape index (κ3) is 6.82. The number of unbranched alkanes of at least 4 members (excludes halogenated alkanes) is 1. The molecule has 4 nitrogen and oxygen atoms in total. The van der Waals surface area contributed by atoms with E-state index in [4.69, 9.17) is 10.5 Å². The van der Waals surface area contributed by atoms with Crippen molar-refractivity contribution >= 4 is 5.91 Å². The fourth-order valence-corrected chi connectivity index (χ4v) is 1.76. The van der Waals surface area contributed by atoms with Crippen LogP contribution >= 0.6 is 0 Å². The zero-order valence-corrected chi connectivity index (χ0v) is 11.7. The quantitative estimate of drug-likeness (QED) is 0.669. The molecule has 4 heteroatoms. The van der Waals surface area contributed by atoms with Crippen LogP contribution in [-0.4, -0.2) is 25.6 Å². The first kappa shape index (κ1) is 15.5. The molecule has 0 heterocycles. The first-order chi connectivity index (χ1) is 9.26. The molecule has 0 aliphatic carbocycles. The van der Waals surface area contributed by atoms with E-state index in [1.165, 1.54) is 0 Å². The van der Waals surface area contributed by atoms with E-state index in [2.05, 4.69) is 5.32 Å². The summed E-state index contributed by atoms with van der Waals surface area (Å²) >= 11 is 0. The first-order valence-corrected chi connectivity index (χ1v) is 6.94. The largest absolute Gasteiger partial charge is 0.494 e. The number of carbonyl (C=O) groups is 1. The van der Waals surface area contributed by atoms with Crippen LogP contribution in [0.5, 0.6) is 5.75 Å². The van der Waals surface area contributed by atoms with Crippen molar-refractivity contribution in [3.63, 3.8) is 0 Å². The molecule has 0 aromatic heterocycles. The van der Waals surface area contributed by atoms with E-state index < -0.39 is 0 Å². The number of rotatable bonds is 9. The van der Waals surface area contributed by atoms with Gasteiger partial charge in [0.2, 0.25) is 5.91 Å². The van der Waals surface area contributed by atoms with Crippen LogP contribution in [0.3, 0.4) is 0 Å². The highest BCUT2D eigenvalue weighted by Gasteiger charge is 2.02. The number of nitrogens with two attached hydrogens (primary N) is 1. The van der Waals surface area contributed by atoms with Crippen LogP contribution in [0.4, 0.5) is 0 Å². The molecule has 106 valence electrons. The van der Waals surface area contributed by atoms with Gasteiger partial charge in [-0.3, -0.25) is 4.79 Å². The SMILES string of the molecule is CCOc1ccc(CCC(=O)NCCCCN)cc1. The van der Waals surface area contributed by atoms with Crippen LogP contribution in [0.15, 0.2) is 24.3 Å². The lowest BCUT2D eigenvalue weighted by atomic mass is 10.1. The Morgan fingerprint density at radius 2 is 2.00 bits per heavy atom. The van der Waals surface area contributed by atoms with Crippen LogP contribution in [0, 0.1) is 0 Å².